The molecule has 0 aliphatic carbocycles. The average Bonchev–Trinajstić information content (AvgIpc) is 2.81. The molecule has 3 rings (SSSR count). The van der Waals surface area contributed by atoms with Crippen molar-refractivity contribution < 1.29 is 5.11 Å². The van der Waals surface area contributed by atoms with Crippen LogP contribution in [0.15, 0.2) is 48.5 Å². The van der Waals surface area contributed by atoms with Crippen LogP contribution in [0.25, 0.3) is 11.0 Å². The molecule has 2 N–H and O–H groups in total. The minimum Gasteiger partial charge on any atom is -0.506 e. The molecule has 2 aromatic carbocycles. The van der Waals surface area contributed by atoms with E-state index in [2.05, 4.69) is 15.6 Å². The summed E-state index contributed by atoms with van der Waals surface area (Å²) in [4.78, 5) is 0. The van der Waals surface area contributed by atoms with Crippen LogP contribution in [0.1, 0.15) is 0 Å². The van der Waals surface area contributed by atoms with E-state index >= 15 is 0 Å². The van der Waals surface area contributed by atoms with Crippen molar-refractivity contribution >= 4 is 16.7 Å². The second kappa shape index (κ2) is 4.37. The van der Waals surface area contributed by atoms with E-state index in [-0.39, 0.29) is 5.75 Å². The summed E-state index contributed by atoms with van der Waals surface area (Å²) in [6.45, 7) is 0.456. The molecule has 1 heterocycles. The molecule has 1 aromatic heterocycles. The molecule has 5 nitrogen and oxygen atoms in total. The third kappa shape index (κ3) is 1.86. The van der Waals surface area contributed by atoms with Crippen molar-refractivity contribution in [1.29, 1.82) is 0 Å². The van der Waals surface area contributed by atoms with E-state index in [4.69, 9.17) is 0 Å². The van der Waals surface area contributed by atoms with Gasteiger partial charge in [-0.1, -0.05) is 29.5 Å². The Kier molecular flexibility index (Phi) is 2.57. The minimum absolute atomic E-state index is 0.224. The third-order valence-corrected chi connectivity index (χ3v) is 2.74. The van der Waals surface area contributed by atoms with Crippen molar-refractivity contribution in [3.05, 3.63) is 48.5 Å². The summed E-state index contributed by atoms with van der Waals surface area (Å²) in [6, 6.07) is 14.9. The van der Waals surface area contributed by atoms with Crippen LogP contribution in [0.5, 0.6) is 5.75 Å². The van der Waals surface area contributed by atoms with Crippen molar-refractivity contribution in [1.82, 2.24) is 15.0 Å². The van der Waals surface area contributed by atoms with E-state index in [1.54, 1.807) is 16.8 Å². The maximum atomic E-state index is 9.64. The molecule has 0 spiro atoms. The number of nitrogens with zero attached hydrogens (tertiary/aromatic N) is 3. The highest BCUT2D eigenvalue weighted by Crippen LogP contribution is 2.21. The molecule has 0 fully saturated rings. The zero-order chi connectivity index (χ0) is 12.4. The first-order valence-electron chi connectivity index (χ1n) is 5.65. The zero-order valence-corrected chi connectivity index (χ0v) is 9.61. The number of para-hydroxylation sites is 3. The van der Waals surface area contributed by atoms with E-state index in [1.165, 1.54) is 0 Å². The van der Waals surface area contributed by atoms with Gasteiger partial charge in [0.1, 0.15) is 17.9 Å². The van der Waals surface area contributed by atoms with Crippen molar-refractivity contribution in [2.45, 2.75) is 6.67 Å². The summed E-state index contributed by atoms with van der Waals surface area (Å²) in [6.07, 6.45) is 0. The molecule has 0 aliphatic rings. The van der Waals surface area contributed by atoms with Gasteiger partial charge in [0, 0.05) is 0 Å². The number of phenols is 1. The summed E-state index contributed by atoms with van der Waals surface area (Å²) in [5, 5.41) is 20.9. The highest BCUT2D eigenvalue weighted by molar-refractivity contribution is 5.73. The lowest BCUT2D eigenvalue weighted by Crippen LogP contribution is -2.09. The van der Waals surface area contributed by atoms with Crippen LogP contribution < -0.4 is 5.32 Å². The zero-order valence-electron chi connectivity index (χ0n) is 9.61. The number of benzene rings is 2. The number of phenolic OH excluding ortho intramolecular Hbond substituents is 1. The topological polar surface area (TPSA) is 63.0 Å². The molecule has 0 radical (unpaired) electrons. The van der Waals surface area contributed by atoms with Gasteiger partial charge in [-0.25, -0.2) is 4.68 Å². The normalized spacial score (nSPS) is 10.7. The molecular formula is C13H12N4O. The molecule has 0 aliphatic heterocycles. The number of aromatic hydroxyl groups is 1. The molecular weight excluding hydrogens is 228 g/mol. The van der Waals surface area contributed by atoms with Crippen molar-refractivity contribution in [2.75, 3.05) is 5.32 Å². The Morgan fingerprint density at radius 2 is 1.83 bits per heavy atom. The van der Waals surface area contributed by atoms with Gasteiger partial charge in [-0.2, -0.15) is 0 Å². The Labute approximate surface area is 104 Å². The first-order valence-corrected chi connectivity index (χ1v) is 5.65. The fourth-order valence-corrected chi connectivity index (χ4v) is 1.82. The SMILES string of the molecule is Oc1ccccc1NCn1nnc2ccccc21. The predicted octanol–water partition coefficient (Wildman–Crippen LogP) is 2.21. The van der Waals surface area contributed by atoms with Crippen molar-refractivity contribution in [3.63, 3.8) is 0 Å². The fourth-order valence-electron chi connectivity index (χ4n) is 1.82. The van der Waals surface area contributed by atoms with Crippen LogP contribution in [0.2, 0.25) is 0 Å². The van der Waals surface area contributed by atoms with Crippen molar-refractivity contribution in [3.8, 4) is 5.75 Å². The smallest absolute Gasteiger partial charge is 0.138 e. The molecule has 0 unspecified atom stereocenters. The van der Waals surface area contributed by atoms with E-state index in [0.717, 1.165) is 11.0 Å². The molecule has 5 heteroatoms. The van der Waals surface area contributed by atoms with Crippen molar-refractivity contribution in [2.24, 2.45) is 0 Å². The number of hydrogen-bond donors (Lipinski definition) is 2. The number of rotatable bonds is 3. The minimum atomic E-state index is 0.224. The van der Waals surface area contributed by atoms with Crippen LogP contribution in [0.3, 0.4) is 0 Å². The van der Waals surface area contributed by atoms with Crippen LogP contribution in [0.4, 0.5) is 5.69 Å². The second-order valence-electron chi connectivity index (χ2n) is 3.93. The summed E-state index contributed by atoms with van der Waals surface area (Å²) in [5.74, 6) is 0.224. The van der Waals surface area contributed by atoms with E-state index in [1.807, 2.05) is 36.4 Å². The molecule has 18 heavy (non-hydrogen) atoms. The standard InChI is InChI=1S/C13H12N4O/c18-13-8-4-2-6-11(13)14-9-17-12-7-3-1-5-10(12)15-16-17/h1-8,14,18H,9H2. The van der Waals surface area contributed by atoms with Crippen LogP contribution >= 0.6 is 0 Å². The molecule has 0 amide bonds. The quantitative estimate of drug-likeness (QED) is 0.689. The first kappa shape index (κ1) is 10.6. The Hall–Kier alpha value is -2.56. The van der Waals surface area contributed by atoms with Crippen LogP contribution in [-0.4, -0.2) is 20.1 Å². The highest BCUT2D eigenvalue weighted by atomic mass is 16.3. The first-order chi connectivity index (χ1) is 8.84. The van der Waals surface area contributed by atoms with Gasteiger partial charge in [-0.3, -0.25) is 0 Å². The van der Waals surface area contributed by atoms with Gasteiger partial charge in [-0.15, -0.1) is 5.10 Å². The number of hydrogen-bond acceptors (Lipinski definition) is 4. The third-order valence-electron chi connectivity index (χ3n) is 2.74. The molecule has 0 saturated heterocycles. The Morgan fingerprint density at radius 1 is 1.06 bits per heavy atom. The second-order valence-corrected chi connectivity index (χ2v) is 3.93. The summed E-state index contributed by atoms with van der Waals surface area (Å²) in [5.41, 5.74) is 2.49. The van der Waals surface area contributed by atoms with Gasteiger partial charge in [0.15, 0.2) is 0 Å². The van der Waals surface area contributed by atoms with E-state index < -0.39 is 0 Å². The van der Waals surface area contributed by atoms with Gasteiger partial charge in [0.25, 0.3) is 0 Å². The fraction of sp³-hybridized carbons (Fsp3) is 0.0769. The van der Waals surface area contributed by atoms with Crippen LogP contribution in [-0.2, 0) is 6.67 Å². The van der Waals surface area contributed by atoms with Crippen LogP contribution in [0, 0.1) is 0 Å². The van der Waals surface area contributed by atoms with Gasteiger partial charge in [0.2, 0.25) is 0 Å². The molecule has 0 bridgehead atoms. The van der Waals surface area contributed by atoms with Gasteiger partial charge in [0.05, 0.1) is 11.2 Å². The largest absolute Gasteiger partial charge is 0.506 e. The summed E-state index contributed by atoms with van der Waals surface area (Å²) >= 11 is 0. The predicted molar refractivity (Wildman–Crippen MR) is 69.3 cm³/mol. The Morgan fingerprint density at radius 3 is 2.72 bits per heavy atom. The lowest BCUT2D eigenvalue weighted by molar-refractivity contribution is 0.476. The Balaban J connectivity index is 1.83. The molecule has 3 aromatic rings. The molecule has 90 valence electrons. The lowest BCUT2D eigenvalue weighted by atomic mass is 10.3. The summed E-state index contributed by atoms with van der Waals surface area (Å²) in [7, 11) is 0. The van der Waals surface area contributed by atoms with Gasteiger partial charge >= 0.3 is 0 Å². The summed E-state index contributed by atoms with van der Waals surface area (Å²) < 4.78 is 1.75. The van der Waals surface area contributed by atoms with E-state index in [0.29, 0.717) is 12.4 Å². The number of fused-ring (bicyclic) bond motifs is 1. The number of nitrogens with one attached hydrogen (secondary N) is 1. The highest BCUT2D eigenvalue weighted by Gasteiger charge is 2.03. The number of aromatic nitrogens is 3. The lowest BCUT2D eigenvalue weighted by Gasteiger charge is -2.08. The molecule has 0 saturated carbocycles. The Bertz CT molecular complexity index is 677. The molecule has 0 atom stereocenters. The van der Waals surface area contributed by atoms with Gasteiger partial charge < -0.3 is 10.4 Å². The van der Waals surface area contributed by atoms with E-state index in [9.17, 15) is 5.11 Å². The monoisotopic (exact) mass is 240 g/mol. The van der Waals surface area contributed by atoms with Gasteiger partial charge in [-0.05, 0) is 24.3 Å². The maximum Gasteiger partial charge on any atom is 0.138 e. The maximum absolute atomic E-state index is 9.64. The number of anilines is 1. The average molecular weight is 240 g/mol.